The number of carbonyl (C=O) groups excluding carboxylic acids is 7. The minimum atomic E-state index is -0.272. The van der Waals surface area contributed by atoms with Crippen molar-refractivity contribution in [1.29, 1.82) is 0 Å². The zero-order valence-electron chi connectivity index (χ0n) is 65.9. The third kappa shape index (κ3) is 23.6. The van der Waals surface area contributed by atoms with Crippen molar-refractivity contribution < 1.29 is 38.7 Å². The van der Waals surface area contributed by atoms with Crippen LogP contribution >= 0.6 is 0 Å². The molecule has 25 nitrogen and oxygen atoms in total. The lowest BCUT2D eigenvalue weighted by molar-refractivity contribution is -0.120. The van der Waals surface area contributed by atoms with E-state index in [9.17, 15) is 62.6 Å². The summed E-state index contributed by atoms with van der Waals surface area (Å²) in [5, 5.41) is 54.4. The second-order valence-electron chi connectivity index (χ2n) is 30.1. The number of ketones is 5. The van der Waals surface area contributed by atoms with Crippen LogP contribution in [-0.2, 0) is 75.3 Å². The third-order valence-corrected chi connectivity index (χ3v) is 19.6. The van der Waals surface area contributed by atoms with E-state index in [1.807, 2.05) is 113 Å². The van der Waals surface area contributed by atoms with Gasteiger partial charge in [0.2, 0.25) is 0 Å². The summed E-state index contributed by atoms with van der Waals surface area (Å²) in [4.78, 5) is 145. The van der Waals surface area contributed by atoms with Gasteiger partial charge >= 0.3 is 0 Å². The lowest BCUT2D eigenvalue weighted by Gasteiger charge is -2.16. The molecular formula is C91H94N12O13. The van der Waals surface area contributed by atoms with Gasteiger partial charge in [0.25, 0.3) is 39.6 Å². The highest BCUT2D eigenvalue weighted by atomic mass is 16.3. The number of rotatable bonds is 24. The summed E-state index contributed by atoms with van der Waals surface area (Å²) in [5.74, 6) is 0.367. The molecule has 0 spiro atoms. The number of phenolic OH excluding ortho intramolecular Hbond substituents is 1. The second-order valence-corrected chi connectivity index (χ2v) is 30.1. The molecule has 0 saturated heterocycles. The summed E-state index contributed by atoms with van der Waals surface area (Å²) in [7, 11) is 0. The smallest absolute Gasteiger partial charge is 0.272 e. The number of benzene rings is 8. The number of aryl methyl sites for hydroxylation is 1. The van der Waals surface area contributed by atoms with Crippen LogP contribution in [0.25, 0.3) is 53.9 Å². The molecule has 2 amide bonds. The van der Waals surface area contributed by atoms with E-state index < -0.39 is 0 Å². The number of aromatic amines is 5. The molecule has 1 unspecified atom stereocenters. The van der Waals surface area contributed by atoms with E-state index in [1.165, 1.54) is 0 Å². The molecule has 5 heterocycles. The van der Waals surface area contributed by atoms with Crippen LogP contribution in [0.5, 0.6) is 5.75 Å². The standard InChI is InChI=1S/C23H23N3O3.C20H19N3O3.C18H16N2O3.2C15H18N2O2/c27-17(14-21-19-11-5-6-12-20(19)23(29)26-25-21)13-15-7-1-4-10-18(15)22(28)24-16-8-2-3-9-16;1-2-21-19(25)14-7-5-6-13(10-14)11-15(24)12-18-16-8-3-4-9-17(16)20(26)23-22-18;1-11-6-7-12(17(22)8-11)9-13(21)10-16-14-4-2-3-5-15(14)18(23)20-19-16;1-15(2,3)9-10(18)8-13-11-6-4-5-7-12(11)14(19)17-16-13;1-3-10(2)8-11(18)9-14-12-6-4-5-7-13(12)15(19)17-16-14/h1,4-7,10-12,16H,2-3,8-9,13-14H2,(H,24,28)(H,26,29);3-10H,2,11-12H2,1H3,(H,21,25)(H,23,26);2-8,22H,9-10H2,1H3,(H,20,23);4-7H,8-9H2,1-3H3,(H,17,19);4-7,10H,3,8-9H2,1-2H3,(H,17,19). The average Bonchev–Trinajstić information content (AvgIpc) is 1.01. The molecule has 25 heteroatoms. The Labute approximate surface area is 667 Å². The molecule has 0 bridgehead atoms. The van der Waals surface area contributed by atoms with E-state index in [1.54, 1.807) is 109 Å². The molecule has 14 rings (SSSR count). The quantitative estimate of drug-likeness (QED) is 0.0278. The summed E-state index contributed by atoms with van der Waals surface area (Å²) >= 11 is 0. The first-order valence-corrected chi connectivity index (χ1v) is 38.7. The maximum Gasteiger partial charge on any atom is 0.272 e. The number of carbonyl (C=O) groups is 7. The van der Waals surface area contributed by atoms with Crippen molar-refractivity contribution in [2.24, 2.45) is 11.3 Å². The lowest BCUT2D eigenvalue weighted by atomic mass is 9.88. The average molecular weight is 1560 g/mol. The maximum absolute atomic E-state index is 12.8. The third-order valence-electron chi connectivity index (χ3n) is 19.6. The Balaban J connectivity index is 0.000000155. The van der Waals surface area contributed by atoms with E-state index in [-0.39, 0.29) is 137 Å². The molecule has 1 fully saturated rings. The number of amides is 2. The molecule has 0 aliphatic heterocycles. The Kier molecular flexibility index (Phi) is 29.5. The van der Waals surface area contributed by atoms with Gasteiger partial charge in [-0.2, -0.15) is 25.5 Å². The van der Waals surface area contributed by atoms with Gasteiger partial charge in [0, 0.05) is 88.3 Å². The summed E-state index contributed by atoms with van der Waals surface area (Å²) < 4.78 is 0. The highest BCUT2D eigenvalue weighted by Crippen LogP contribution is 2.26. The van der Waals surface area contributed by atoms with Gasteiger partial charge in [0.1, 0.15) is 34.7 Å². The Bertz CT molecular complexity index is 6090. The number of hydrogen-bond acceptors (Lipinski definition) is 18. The molecule has 8 N–H and O–H groups in total. The van der Waals surface area contributed by atoms with Gasteiger partial charge in [-0.15, -0.1) is 0 Å². The summed E-state index contributed by atoms with van der Waals surface area (Å²) in [6, 6.07) is 55.5. The zero-order chi connectivity index (χ0) is 83.0. The van der Waals surface area contributed by atoms with Crippen LogP contribution < -0.4 is 38.4 Å². The van der Waals surface area contributed by atoms with Crippen LogP contribution in [0.1, 0.15) is 158 Å². The van der Waals surface area contributed by atoms with Gasteiger partial charge in [0.15, 0.2) is 0 Å². The molecule has 1 saturated carbocycles. The van der Waals surface area contributed by atoms with Crippen LogP contribution in [-0.4, -0.2) is 109 Å². The molecular weight excluding hydrogens is 1470 g/mol. The maximum atomic E-state index is 12.8. The van der Waals surface area contributed by atoms with Gasteiger partial charge in [0.05, 0.1) is 87.5 Å². The van der Waals surface area contributed by atoms with Crippen LogP contribution in [0.2, 0.25) is 0 Å². The van der Waals surface area contributed by atoms with Crippen molar-refractivity contribution >= 4 is 94.6 Å². The Morgan fingerprint density at radius 3 is 1.19 bits per heavy atom. The first-order valence-electron chi connectivity index (χ1n) is 38.7. The van der Waals surface area contributed by atoms with Gasteiger partial charge in [-0.3, -0.25) is 57.5 Å². The number of nitrogens with zero attached hydrogens (tertiary/aromatic N) is 5. The van der Waals surface area contributed by atoms with Crippen LogP contribution in [0.4, 0.5) is 0 Å². The van der Waals surface area contributed by atoms with Crippen LogP contribution in [0.15, 0.2) is 212 Å². The number of aromatic hydroxyl groups is 1. The van der Waals surface area contributed by atoms with Crippen molar-refractivity contribution in [3.05, 3.63) is 302 Å². The monoisotopic (exact) mass is 1560 g/mol. The summed E-state index contributed by atoms with van der Waals surface area (Å²) in [5.41, 5.74) is 5.73. The minimum Gasteiger partial charge on any atom is -0.508 e. The van der Waals surface area contributed by atoms with Crippen molar-refractivity contribution in [2.45, 2.75) is 151 Å². The van der Waals surface area contributed by atoms with Crippen molar-refractivity contribution in [3.63, 3.8) is 0 Å². The number of hydrogen-bond donors (Lipinski definition) is 8. The predicted octanol–water partition coefficient (Wildman–Crippen LogP) is 12.2. The van der Waals surface area contributed by atoms with Gasteiger partial charge in [-0.1, -0.05) is 187 Å². The number of nitrogens with one attached hydrogen (secondary N) is 7. The highest BCUT2D eigenvalue weighted by molar-refractivity contribution is 5.99. The van der Waals surface area contributed by atoms with Crippen molar-refractivity contribution in [2.75, 3.05) is 6.54 Å². The van der Waals surface area contributed by atoms with Gasteiger partial charge < -0.3 is 15.7 Å². The number of Topliss-reactive ketones (excluding diaryl/α,β-unsaturated/α-hetero) is 5. The van der Waals surface area contributed by atoms with E-state index in [0.717, 1.165) is 54.0 Å². The molecule has 596 valence electrons. The zero-order valence-corrected chi connectivity index (χ0v) is 65.9. The number of fused-ring (bicyclic) bond motifs is 5. The van der Waals surface area contributed by atoms with Crippen molar-refractivity contribution in [3.8, 4) is 5.75 Å². The van der Waals surface area contributed by atoms with Gasteiger partial charge in [-0.25, -0.2) is 25.5 Å². The van der Waals surface area contributed by atoms with Gasteiger partial charge in [-0.05, 0) is 109 Å². The Morgan fingerprint density at radius 2 is 0.793 bits per heavy atom. The van der Waals surface area contributed by atoms with Crippen molar-refractivity contribution in [1.82, 2.24) is 61.6 Å². The molecule has 1 atom stereocenters. The highest BCUT2D eigenvalue weighted by Gasteiger charge is 2.23. The predicted molar refractivity (Wildman–Crippen MR) is 448 cm³/mol. The first-order chi connectivity index (χ1) is 55.7. The summed E-state index contributed by atoms with van der Waals surface area (Å²) in [6.45, 7) is 14.5. The Hall–Kier alpha value is -13.5. The van der Waals surface area contributed by atoms with Crippen LogP contribution in [0.3, 0.4) is 0 Å². The molecule has 0 radical (unpaired) electrons. The first kappa shape index (κ1) is 85.0. The number of aromatic nitrogens is 10. The van der Waals surface area contributed by atoms with Crippen LogP contribution in [0, 0.1) is 18.3 Å². The number of H-pyrrole nitrogens is 5. The molecule has 8 aromatic carbocycles. The largest absolute Gasteiger partial charge is 0.508 e. The molecule has 5 aromatic heterocycles. The van der Waals surface area contributed by atoms with E-state index in [0.29, 0.717) is 119 Å². The SMILES string of the molecule is CC(C)(C)CC(=O)Cc1n[nH]c(=O)c2ccccc12.CCC(C)CC(=O)Cc1n[nH]c(=O)c2ccccc12.CCNC(=O)c1cccc(CC(=O)Cc2n[nH]c(=O)c3ccccc23)c1.Cc1ccc(CC(=O)Cc2n[nH]c(=O)c3ccccc23)c(O)c1.O=C(Cc1ccccc1C(=O)NC1CCCC1)Cc1n[nH]c(=O)c2ccccc12. The topological polar surface area (TPSA) is 393 Å². The fourth-order valence-electron chi connectivity index (χ4n) is 13.7. The Morgan fingerprint density at radius 1 is 0.422 bits per heavy atom. The molecule has 13 aromatic rings. The normalized spacial score (nSPS) is 12.1. The summed E-state index contributed by atoms with van der Waals surface area (Å²) in [6.07, 6.45) is 7.68. The second kappa shape index (κ2) is 40.3. The fourth-order valence-corrected chi connectivity index (χ4v) is 13.7. The lowest BCUT2D eigenvalue weighted by Crippen LogP contribution is -2.33. The minimum absolute atomic E-state index is 0.0327. The van der Waals surface area contributed by atoms with E-state index in [2.05, 4.69) is 75.5 Å². The molecule has 116 heavy (non-hydrogen) atoms. The molecule has 1 aliphatic rings. The number of phenols is 1. The van der Waals surface area contributed by atoms with E-state index >= 15 is 0 Å². The molecule has 1 aliphatic carbocycles. The fraction of sp³-hybridized carbons (Fsp3) is 0.286. The van der Waals surface area contributed by atoms with E-state index in [4.69, 9.17) is 0 Å².